The van der Waals surface area contributed by atoms with Crippen LogP contribution in [-0.4, -0.2) is 9.55 Å². The molecular weight excluding hydrogens is 380 g/mol. The molecule has 0 aliphatic heterocycles. The first-order chi connectivity index (χ1) is 8.67. The second-order valence-electron chi connectivity index (χ2n) is 3.86. The van der Waals surface area contributed by atoms with E-state index in [9.17, 15) is 0 Å². The normalized spacial score (nSPS) is 12.9. The van der Waals surface area contributed by atoms with Gasteiger partial charge in [0.15, 0.2) is 0 Å². The highest BCUT2D eigenvalue weighted by molar-refractivity contribution is 9.12. The third-order valence-electron chi connectivity index (χ3n) is 2.63. The highest BCUT2D eigenvalue weighted by Crippen LogP contribution is 2.37. The molecule has 3 N–H and O–H groups in total. The number of imidazole rings is 1. The van der Waals surface area contributed by atoms with E-state index in [1.165, 1.54) is 0 Å². The zero-order valence-electron chi connectivity index (χ0n) is 9.86. The molecule has 0 fully saturated rings. The summed E-state index contributed by atoms with van der Waals surface area (Å²) in [4.78, 5) is 4.42. The predicted octanol–water partition coefficient (Wildman–Crippen LogP) is 3.43. The third-order valence-corrected chi connectivity index (χ3v) is 5.02. The number of aromatic nitrogens is 2. The molecule has 0 saturated heterocycles. The molecule has 7 heteroatoms. The lowest BCUT2D eigenvalue weighted by atomic mass is 10.1. The number of hydrogen-bond donors (Lipinski definition) is 2. The van der Waals surface area contributed by atoms with Crippen molar-refractivity contribution in [2.75, 3.05) is 0 Å². The van der Waals surface area contributed by atoms with Crippen molar-refractivity contribution in [3.8, 4) is 0 Å². The molecule has 0 saturated carbocycles. The van der Waals surface area contributed by atoms with E-state index in [1.54, 1.807) is 11.3 Å². The Morgan fingerprint density at radius 2 is 2.33 bits per heavy atom. The van der Waals surface area contributed by atoms with Crippen LogP contribution in [0.1, 0.15) is 30.8 Å². The van der Waals surface area contributed by atoms with Crippen LogP contribution < -0.4 is 11.3 Å². The van der Waals surface area contributed by atoms with Crippen molar-refractivity contribution in [2.24, 2.45) is 5.84 Å². The highest BCUT2D eigenvalue weighted by Gasteiger charge is 2.21. The van der Waals surface area contributed by atoms with E-state index in [1.807, 2.05) is 12.4 Å². The summed E-state index contributed by atoms with van der Waals surface area (Å²) in [5.41, 5.74) is 3.94. The van der Waals surface area contributed by atoms with E-state index in [2.05, 4.69) is 59.8 Å². The molecule has 0 aromatic carbocycles. The van der Waals surface area contributed by atoms with E-state index in [4.69, 9.17) is 5.84 Å². The van der Waals surface area contributed by atoms with E-state index in [0.717, 1.165) is 31.9 Å². The van der Waals surface area contributed by atoms with Crippen LogP contribution in [-0.2, 0) is 6.54 Å². The lowest BCUT2D eigenvalue weighted by Crippen LogP contribution is -2.31. The number of nitrogens with two attached hydrogens (primary N) is 1. The molecule has 2 aromatic rings. The molecule has 1 unspecified atom stereocenters. The van der Waals surface area contributed by atoms with Crippen LogP contribution in [0.4, 0.5) is 0 Å². The van der Waals surface area contributed by atoms with Crippen LogP contribution in [0.3, 0.4) is 0 Å². The molecule has 4 nitrogen and oxygen atoms in total. The zero-order valence-corrected chi connectivity index (χ0v) is 13.8. The number of hydrazine groups is 1. The fourth-order valence-electron chi connectivity index (χ4n) is 1.86. The van der Waals surface area contributed by atoms with Crippen LogP contribution in [0.5, 0.6) is 0 Å². The standard InChI is InChI=1S/C11H14Br2N4S/c1-2-4-17-5-3-15-11(17)9(16-14)7-6-8(12)18-10(7)13/h3,5-6,9,16H,2,4,14H2,1H3. The van der Waals surface area contributed by atoms with Crippen molar-refractivity contribution in [1.82, 2.24) is 15.0 Å². The average Bonchev–Trinajstić information content (AvgIpc) is 2.89. The van der Waals surface area contributed by atoms with Gasteiger partial charge in [-0.2, -0.15) is 0 Å². The van der Waals surface area contributed by atoms with E-state index < -0.39 is 0 Å². The molecule has 98 valence electrons. The molecule has 2 rings (SSSR count). The zero-order chi connectivity index (χ0) is 13.1. The maximum atomic E-state index is 5.70. The smallest absolute Gasteiger partial charge is 0.131 e. The molecule has 0 aliphatic rings. The maximum absolute atomic E-state index is 5.70. The summed E-state index contributed by atoms with van der Waals surface area (Å²) < 4.78 is 4.25. The van der Waals surface area contributed by atoms with Crippen LogP contribution in [0.15, 0.2) is 26.0 Å². The number of nitrogens with one attached hydrogen (secondary N) is 1. The molecule has 0 amide bonds. The van der Waals surface area contributed by atoms with Crippen molar-refractivity contribution in [1.29, 1.82) is 0 Å². The Balaban J connectivity index is 2.39. The fraction of sp³-hybridized carbons (Fsp3) is 0.364. The second-order valence-corrected chi connectivity index (χ2v) is 7.61. The minimum absolute atomic E-state index is 0.108. The Bertz CT molecular complexity index is 523. The molecule has 0 bridgehead atoms. The van der Waals surface area contributed by atoms with Crippen molar-refractivity contribution in [3.63, 3.8) is 0 Å². The van der Waals surface area contributed by atoms with Crippen LogP contribution in [0.2, 0.25) is 0 Å². The van der Waals surface area contributed by atoms with Gasteiger partial charge in [0.25, 0.3) is 0 Å². The third kappa shape index (κ3) is 2.85. The van der Waals surface area contributed by atoms with Gasteiger partial charge in [-0.15, -0.1) is 11.3 Å². The lowest BCUT2D eigenvalue weighted by Gasteiger charge is -2.16. The maximum Gasteiger partial charge on any atom is 0.131 e. The van der Waals surface area contributed by atoms with Gasteiger partial charge in [-0.1, -0.05) is 6.92 Å². The number of thiophene rings is 1. The quantitative estimate of drug-likeness (QED) is 0.604. The Labute approximate surface area is 127 Å². The fourth-order valence-corrected chi connectivity index (χ4v) is 4.77. The largest absolute Gasteiger partial charge is 0.333 e. The number of nitrogens with zero attached hydrogens (tertiary/aromatic N) is 2. The van der Waals surface area contributed by atoms with Gasteiger partial charge in [0.2, 0.25) is 0 Å². The molecule has 2 aromatic heterocycles. The van der Waals surface area contributed by atoms with Crippen molar-refractivity contribution in [2.45, 2.75) is 25.9 Å². The first-order valence-electron chi connectivity index (χ1n) is 5.59. The van der Waals surface area contributed by atoms with Gasteiger partial charge < -0.3 is 4.57 Å². The van der Waals surface area contributed by atoms with Crippen LogP contribution in [0.25, 0.3) is 0 Å². The summed E-state index contributed by atoms with van der Waals surface area (Å²) in [6, 6.07) is 1.95. The molecule has 18 heavy (non-hydrogen) atoms. The first kappa shape index (κ1) is 14.2. The molecule has 0 radical (unpaired) electrons. The molecule has 2 heterocycles. The number of hydrogen-bond acceptors (Lipinski definition) is 4. The Morgan fingerprint density at radius 3 is 2.89 bits per heavy atom. The van der Waals surface area contributed by atoms with Crippen LogP contribution >= 0.6 is 43.2 Å². The molecule has 0 aliphatic carbocycles. The minimum Gasteiger partial charge on any atom is -0.333 e. The lowest BCUT2D eigenvalue weighted by molar-refractivity contribution is 0.545. The summed E-state index contributed by atoms with van der Waals surface area (Å²) >= 11 is 8.68. The van der Waals surface area contributed by atoms with E-state index in [0.29, 0.717) is 0 Å². The topological polar surface area (TPSA) is 55.9 Å². The van der Waals surface area contributed by atoms with Crippen molar-refractivity contribution < 1.29 is 0 Å². The monoisotopic (exact) mass is 392 g/mol. The Kier molecular flexibility index (Phi) is 4.97. The molecule has 0 spiro atoms. The van der Waals surface area contributed by atoms with E-state index in [-0.39, 0.29) is 6.04 Å². The number of aryl methyl sites for hydroxylation is 1. The number of rotatable bonds is 5. The molecular formula is C11H14Br2N4S. The van der Waals surface area contributed by atoms with Gasteiger partial charge in [0.1, 0.15) is 11.9 Å². The highest BCUT2D eigenvalue weighted by atomic mass is 79.9. The van der Waals surface area contributed by atoms with Gasteiger partial charge in [-0.05, 0) is 44.3 Å². The van der Waals surface area contributed by atoms with Gasteiger partial charge in [0, 0.05) is 24.5 Å². The summed E-state index contributed by atoms with van der Waals surface area (Å²) in [6.45, 7) is 3.09. The predicted molar refractivity (Wildman–Crippen MR) is 81.4 cm³/mol. The van der Waals surface area contributed by atoms with Crippen molar-refractivity contribution in [3.05, 3.63) is 37.4 Å². The summed E-state index contributed by atoms with van der Waals surface area (Å²) in [5.74, 6) is 6.64. The second kappa shape index (κ2) is 6.29. The van der Waals surface area contributed by atoms with Crippen LogP contribution in [0, 0.1) is 0 Å². The summed E-state index contributed by atoms with van der Waals surface area (Å²) in [7, 11) is 0. The first-order valence-corrected chi connectivity index (χ1v) is 7.99. The Morgan fingerprint density at radius 1 is 1.56 bits per heavy atom. The van der Waals surface area contributed by atoms with Crippen molar-refractivity contribution >= 4 is 43.2 Å². The summed E-state index contributed by atoms with van der Waals surface area (Å²) in [6.07, 6.45) is 4.86. The van der Waals surface area contributed by atoms with Gasteiger partial charge >= 0.3 is 0 Å². The minimum atomic E-state index is -0.108. The van der Waals surface area contributed by atoms with Gasteiger partial charge in [0.05, 0.1) is 7.57 Å². The number of halogens is 2. The average molecular weight is 394 g/mol. The van der Waals surface area contributed by atoms with E-state index >= 15 is 0 Å². The SMILES string of the molecule is CCCn1ccnc1C(NN)c1cc(Br)sc1Br. The Hall–Kier alpha value is -0.210. The van der Waals surface area contributed by atoms with Gasteiger partial charge in [-0.3, -0.25) is 5.84 Å². The summed E-state index contributed by atoms with van der Waals surface area (Å²) in [5, 5.41) is 0. The molecule has 1 atom stereocenters. The van der Waals surface area contributed by atoms with Gasteiger partial charge in [-0.25, -0.2) is 10.4 Å².